The van der Waals surface area contributed by atoms with E-state index in [2.05, 4.69) is 6.58 Å². The lowest BCUT2D eigenvalue weighted by Gasteiger charge is -2.21. The number of thiocarbonyl (C=S) groups is 1. The van der Waals surface area contributed by atoms with Crippen molar-refractivity contribution < 1.29 is 14.3 Å². The average molecular weight is 308 g/mol. The molecule has 1 rings (SSSR count). The SMILES string of the molecule is C=CCN(CCC(N)=S)C(=O)COc1ccccc1OC. The molecule has 0 aromatic heterocycles. The number of methoxy groups -OCH3 is 1. The molecule has 114 valence electrons. The molecule has 0 aliphatic rings. The maximum atomic E-state index is 12.1. The maximum absolute atomic E-state index is 12.1. The third-order valence-electron chi connectivity index (χ3n) is 2.75. The van der Waals surface area contributed by atoms with Gasteiger partial charge in [0.25, 0.3) is 5.91 Å². The van der Waals surface area contributed by atoms with E-state index in [1.807, 2.05) is 12.1 Å². The number of para-hydroxylation sites is 2. The number of hydrogen-bond acceptors (Lipinski definition) is 4. The van der Waals surface area contributed by atoms with Crippen molar-refractivity contribution in [2.75, 3.05) is 26.8 Å². The van der Waals surface area contributed by atoms with Crippen LogP contribution in [-0.4, -0.2) is 42.6 Å². The van der Waals surface area contributed by atoms with Gasteiger partial charge in [-0.05, 0) is 12.1 Å². The summed E-state index contributed by atoms with van der Waals surface area (Å²) < 4.78 is 10.7. The van der Waals surface area contributed by atoms with Crippen molar-refractivity contribution in [2.45, 2.75) is 6.42 Å². The Hall–Kier alpha value is -2.08. The Bertz CT molecular complexity index is 505. The van der Waals surface area contributed by atoms with Gasteiger partial charge in [0.2, 0.25) is 0 Å². The molecule has 5 nitrogen and oxygen atoms in total. The second-order valence-electron chi connectivity index (χ2n) is 4.28. The first-order valence-electron chi connectivity index (χ1n) is 6.51. The van der Waals surface area contributed by atoms with Crippen molar-refractivity contribution in [2.24, 2.45) is 5.73 Å². The molecule has 0 saturated heterocycles. The Balaban J connectivity index is 2.60. The normalized spacial score (nSPS) is 9.76. The Labute approximate surface area is 130 Å². The summed E-state index contributed by atoms with van der Waals surface area (Å²) in [4.78, 5) is 14.1. The number of rotatable bonds is 9. The van der Waals surface area contributed by atoms with E-state index in [9.17, 15) is 4.79 Å². The maximum Gasteiger partial charge on any atom is 0.260 e. The van der Waals surface area contributed by atoms with Crippen LogP contribution in [0.25, 0.3) is 0 Å². The molecule has 1 aromatic carbocycles. The smallest absolute Gasteiger partial charge is 0.260 e. The van der Waals surface area contributed by atoms with E-state index in [1.54, 1.807) is 30.2 Å². The zero-order valence-electron chi connectivity index (χ0n) is 12.1. The van der Waals surface area contributed by atoms with Crippen LogP contribution in [-0.2, 0) is 4.79 Å². The fourth-order valence-corrected chi connectivity index (χ4v) is 1.78. The van der Waals surface area contributed by atoms with Crippen molar-refractivity contribution in [3.05, 3.63) is 36.9 Å². The molecule has 1 amide bonds. The number of hydrogen-bond donors (Lipinski definition) is 1. The molecular weight excluding hydrogens is 288 g/mol. The Kier molecular flexibility index (Phi) is 7.25. The number of benzene rings is 1. The molecule has 0 bridgehead atoms. The van der Waals surface area contributed by atoms with E-state index in [-0.39, 0.29) is 12.5 Å². The lowest BCUT2D eigenvalue weighted by Crippen LogP contribution is -2.37. The van der Waals surface area contributed by atoms with Gasteiger partial charge in [0.05, 0.1) is 12.1 Å². The van der Waals surface area contributed by atoms with Gasteiger partial charge in [-0.3, -0.25) is 4.79 Å². The number of ether oxygens (including phenoxy) is 2. The molecule has 0 unspecified atom stereocenters. The molecule has 0 saturated carbocycles. The summed E-state index contributed by atoms with van der Waals surface area (Å²) in [5.41, 5.74) is 5.46. The predicted octanol–water partition coefficient (Wildman–Crippen LogP) is 1.76. The molecule has 0 heterocycles. The quantitative estimate of drug-likeness (QED) is 0.556. The molecule has 0 aliphatic carbocycles. The zero-order chi connectivity index (χ0) is 15.7. The number of carbonyl (C=O) groups is 1. The molecule has 6 heteroatoms. The lowest BCUT2D eigenvalue weighted by atomic mass is 10.3. The number of carbonyl (C=O) groups excluding carboxylic acids is 1. The second-order valence-corrected chi connectivity index (χ2v) is 4.81. The van der Waals surface area contributed by atoms with Crippen molar-refractivity contribution >= 4 is 23.1 Å². The molecule has 0 atom stereocenters. The largest absolute Gasteiger partial charge is 0.493 e. The molecule has 0 spiro atoms. The van der Waals surface area contributed by atoms with Crippen molar-refractivity contribution in [3.8, 4) is 11.5 Å². The minimum atomic E-state index is -0.156. The van der Waals surface area contributed by atoms with E-state index in [4.69, 9.17) is 27.4 Å². The summed E-state index contributed by atoms with van der Waals surface area (Å²) in [6, 6.07) is 7.17. The lowest BCUT2D eigenvalue weighted by molar-refractivity contribution is -0.132. The van der Waals surface area contributed by atoms with Gasteiger partial charge >= 0.3 is 0 Å². The van der Waals surface area contributed by atoms with E-state index in [0.717, 1.165) is 0 Å². The van der Waals surface area contributed by atoms with Crippen LogP contribution < -0.4 is 15.2 Å². The van der Waals surface area contributed by atoms with Crippen LogP contribution >= 0.6 is 12.2 Å². The van der Waals surface area contributed by atoms with Crippen LogP contribution in [0.2, 0.25) is 0 Å². The summed E-state index contributed by atoms with van der Waals surface area (Å²) in [6.07, 6.45) is 2.13. The average Bonchev–Trinajstić information content (AvgIpc) is 2.49. The van der Waals surface area contributed by atoms with Crippen LogP contribution in [0.4, 0.5) is 0 Å². The number of nitrogens with two attached hydrogens (primary N) is 1. The van der Waals surface area contributed by atoms with Gasteiger partial charge in [-0.15, -0.1) is 6.58 Å². The zero-order valence-corrected chi connectivity index (χ0v) is 12.9. The number of nitrogens with zero attached hydrogens (tertiary/aromatic N) is 1. The Morgan fingerprint density at radius 2 is 2.10 bits per heavy atom. The summed E-state index contributed by atoms with van der Waals surface area (Å²) >= 11 is 4.82. The summed E-state index contributed by atoms with van der Waals surface area (Å²) in [7, 11) is 1.55. The first kappa shape index (κ1) is 17.0. The molecular formula is C15H20N2O3S. The molecule has 0 radical (unpaired) electrons. The van der Waals surface area contributed by atoms with Gasteiger partial charge in [-0.25, -0.2) is 0 Å². The minimum Gasteiger partial charge on any atom is -0.493 e. The van der Waals surface area contributed by atoms with Crippen LogP contribution in [0.3, 0.4) is 0 Å². The Morgan fingerprint density at radius 1 is 1.43 bits per heavy atom. The van der Waals surface area contributed by atoms with Crippen LogP contribution in [0.15, 0.2) is 36.9 Å². The van der Waals surface area contributed by atoms with Crippen LogP contribution in [0, 0.1) is 0 Å². The highest BCUT2D eigenvalue weighted by Crippen LogP contribution is 2.25. The monoisotopic (exact) mass is 308 g/mol. The predicted molar refractivity (Wildman–Crippen MR) is 86.7 cm³/mol. The van der Waals surface area contributed by atoms with Crippen molar-refractivity contribution in [1.29, 1.82) is 0 Å². The molecule has 2 N–H and O–H groups in total. The fraction of sp³-hybridized carbons (Fsp3) is 0.333. The summed E-state index contributed by atoms with van der Waals surface area (Å²) in [5.74, 6) is 0.960. The third kappa shape index (κ3) is 5.83. The highest BCUT2D eigenvalue weighted by Gasteiger charge is 2.14. The molecule has 21 heavy (non-hydrogen) atoms. The van der Waals surface area contributed by atoms with E-state index in [1.165, 1.54) is 0 Å². The molecule has 1 aromatic rings. The highest BCUT2D eigenvalue weighted by atomic mass is 32.1. The van der Waals surface area contributed by atoms with Gasteiger partial charge in [-0.1, -0.05) is 30.4 Å². The van der Waals surface area contributed by atoms with Gasteiger partial charge < -0.3 is 20.1 Å². The number of amides is 1. The fourth-order valence-electron chi connectivity index (χ4n) is 1.69. The second kappa shape index (κ2) is 8.97. The van der Waals surface area contributed by atoms with Gasteiger partial charge in [0.1, 0.15) is 0 Å². The van der Waals surface area contributed by atoms with Crippen LogP contribution in [0.5, 0.6) is 11.5 Å². The first-order chi connectivity index (χ1) is 10.1. The third-order valence-corrected chi connectivity index (χ3v) is 2.95. The summed E-state index contributed by atoms with van der Waals surface area (Å²) in [6.45, 7) is 4.44. The van der Waals surface area contributed by atoms with E-state index >= 15 is 0 Å². The van der Waals surface area contributed by atoms with Gasteiger partial charge in [0, 0.05) is 19.5 Å². The summed E-state index contributed by atoms with van der Waals surface area (Å²) in [5, 5.41) is 0. The van der Waals surface area contributed by atoms with Crippen LogP contribution in [0.1, 0.15) is 6.42 Å². The van der Waals surface area contributed by atoms with Gasteiger partial charge in [0.15, 0.2) is 18.1 Å². The first-order valence-corrected chi connectivity index (χ1v) is 6.92. The van der Waals surface area contributed by atoms with E-state index in [0.29, 0.717) is 36.0 Å². The Morgan fingerprint density at radius 3 is 2.67 bits per heavy atom. The van der Waals surface area contributed by atoms with Crippen molar-refractivity contribution in [3.63, 3.8) is 0 Å². The topological polar surface area (TPSA) is 64.8 Å². The highest BCUT2D eigenvalue weighted by molar-refractivity contribution is 7.80. The van der Waals surface area contributed by atoms with Gasteiger partial charge in [-0.2, -0.15) is 0 Å². The minimum absolute atomic E-state index is 0.0778. The van der Waals surface area contributed by atoms with E-state index < -0.39 is 0 Å². The molecule has 0 fully saturated rings. The van der Waals surface area contributed by atoms with Crippen molar-refractivity contribution in [1.82, 2.24) is 4.90 Å². The standard InChI is InChI=1S/C15H20N2O3S/c1-3-9-17(10-8-14(16)21)15(18)11-20-13-7-5-4-6-12(13)19-2/h3-7H,1,8-11H2,2H3,(H2,16,21). The molecule has 0 aliphatic heterocycles.